The lowest BCUT2D eigenvalue weighted by Gasteiger charge is -2.42. The number of piperazine rings is 2. The van der Waals surface area contributed by atoms with Gasteiger partial charge in [-0.05, 0) is 36.2 Å². The minimum Gasteiger partial charge on any atom is -0.361 e. The molecule has 2 fully saturated rings. The minimum absolute atomic E-state index is 0. The van der Waals surface area contributed by atoms with Gasteiger partial charge in [0.2, 0.25) is 11.8 Å². The van der Waals surface area contributed by atoms with E-state index in [1.165, 1.54) is 11.8 Å². The van der Waals surface area contributed by atoms with E-state index >= 15 is 0 Å². The van der Waals surface area contributed by atoms with E-state index in [0.29, 0.717) is 38.3 Å². The number of hydrogen-bond acceptors (Lipinski definition) is 4. The van der Waals surface area contributed by atoms with Gasteiger partial charge in [-0.2, -0.15) is 26.3 Å². The summed E-state index contributed by atoms with van der Waals surface area (Å²) in [5.41, 5.74) is -2.17. The van der Waals surface area contributed by atoms with Gasteiger partial charge in [0.25, 0.3) is 5.91 Å². The first-order valence-corrected chi connectivity index (χ1v) is 14.1. The molecule has 0 bridgehead atoms. The van der Waals surface area contributed by atoms with Crippen LogP contribution in [0.3, 0.4) is 0 Å². The Balaban J connectivity index is 0.00000461. The fourth-order valence-corrected chi connectivity index (χ4v) is 5.87. The van der Waals surface area contributed by atoms with Crippen molar-refractivity contribution in [2.45, 2.75) is 31.7 Å². The second-order valence-electron chi connectivity index (χ2n) is 11.1. The van der Waals surface area contributed by atoms with Gasteiger partial charge in [-0.15, -0.1) is 12.4 Å². The van der Waals surface area contributed by atoms with E-state index in [4.69, 9.17) is 0 Å². The lowest BCUT2D eigenvalue weighted by molar-refractivity contribution is -0.143. The van der Waals surface area contributed by atoms with Crippen LogP contribution in [0.25, 0.3) is 10.9 Å². The summed E-state index contributed by atoms with van der Waals surface area (Å²) in [5, 5.41) is 0.870. The summed E-state index contributed by atoms with van der Waals surface area (Å²) in [4.78, 5) is 48.0. The van der Waals surface area contributed by atoms with Crippen molar-refractivity contribution in [3.05, 3.63) is 70.9 Å². The first-order valence-electron chi connectivity index (χ1n) is 14.1. The van der Waals surface area contributed by atoms with Crippen molar-refractivity contribution >= 4 is 41.0 Å². The number of halogens is 7. The Morgan fingerprint density at radius 2 is 1.44 bits per heavy atom. The van der Waals surface area contributed by atoms with Crippen LogP contribution in [0, 0.1) is 0 Å². The fourth-order valence-electron chi connectivity index (χ4n) is 5.87. The molecule has 2 aromatic carbocycles. The molecule has 0 aliphatic carbocycles. The molecule has 3 aromatic rings. The minimum atomic E-state index is -5.09. The maximum Gasteiger partial charge on any atom is 0.416 e. The summed E-state index contributed by atoms with van der Waals surface area (Å²) in [7, 11) is 0. The molecule has 0 radical (unpaired) electrons. The third-order valence-corrected chi connectivity index (χ3v) is 8.23. The van der Waals surface area contributed by atoms with Gasteiger partial charge in [0, 0.05) is 81.4 Å². The molecule has 1 N–H and O–H groups in total. The Kier molecular flexibility index (Phi) is 10.1. The zero-order valence-corrected chi connectivity index (χ0v) is 25.1. The quantitative estimate of drug-likeness (QED) is 0.404. The van der Waals surface area contributed by atoms with Crippen LogP contribution in [0.15, 0.2) is 48.7 Å². The van der Waals surface area contributed by atoms with E-state index in [1.54, 1.807) is 16.0 Å². The van der Waals surface area contributed by atoms with Crippen molar-refractivity contribution in [2.24, 2.45) is 0 Å². The number of rotatable bonds is 5. The van der Waals surface area contributed by atoms with E-state index in [1.807, 2.05) is 29.2 Å². The van der Waals surface area contributed by atoms with Crippen molar-refractivity contribution in [1.29, 1.82) is 0 Å². The number of carbonyl (C=O) groups excluding carboxylic acids is 3. The van der Waals surface area contributed by atoms with Crippen LogP contribution < -0.4 is 0 Å². The highest BCUT2D eigenvalue weighted by molar-refractivity contribution is 5.95. The van der Waals surface area contributed by atoms with Crippen LogP contribution in [0.2, 0.25) is 0 Å². The molecule has 2 aliphatic rings. The molecule has 5 rings (SSSR count). The Bertz CT molecular complexity index is 1520. The summed E-state index contributed by atoms with van der Waals surface area (Å²) in [6.45, 7) is 3.46. The normalized spacial score (nSPS) is 18.2. The number of amides is 3. The molecule has 0 unspecified atom stereocenters. The Hall–Kier alpha value is -3.78. The molecule has 2 saturated heterocycles. The Labute approximate surface area is 261 Å². The second kappa shape index (κ2) is 13.3. The van der Waals surface area contributed by atoms with Gasteiger partial charge < -0.3 is 19.7 Å². The summed E-state index contributed by atoms with van der Waals surface area (Å²) >= 11 is 0. The standard InChI is InChI=1S/C30H31F6N5O3.ClH/c1-19(42)39-7-9-40(10-8-39)27(43)18-38-6-11-41(24(17-38)14-21-16-37-26-5-3-2-4-25(21)26)28(44)20-12-22(29(31,32)33)15-23(13-20)30(34,35)36;/h2-5,12-13,15-16,24,37H,6-11,14,17-18H2,1H3;1H/t24-;/m1./s1. The number of hydrogen-bond donors (Lipinski definition) is 1. The number of alkyl halides is 6. The van der Waals surface area contributed by atoms with Crippen molar-refractivity contribution < 1.29 is 40.7 Å². The number of aromatic amines is 1. The van der Waals surface area contributed by atoms with Gasteiger partial charge in [-0.1, -0.05) is 18.2 Å². The maximum atomic E-state index is 13.7. The van der Waals surface area contributed by atoms with Crippen molar-refractivity contribution in [2.75, 3.05) is 52.4 Å². The molecule has 0 saturated carbocycles. The van der Waals surface area contributed by atoms with Crippen LogP contribution in [-0.2, 0) is 28.4 Å². The molecule has 1 atom stereocenters. The average molecular weight is 660 g/mol. The third-order valence-electron chi connectivity index (χ3n) is 8.23. The van der Waals surface area contributed by atoms with Crippen LogP contribution >= 0.6 is 12.4 Å². The first kappa shape index (κ1) is 34.1. The molecule has 2 aliphatic heterocycles. The monoisotopic (exact) mass is 659 g/mol. The number of benzene rings is 2. The van der Waals surface area contributed by atoms with Crippen LogP contribution in [0.5, 0.6) is 0 Å². The predicted molar refractivity (Wildman–Crippen MR) is 156 cm³/mol. The van der Waals surface area contributed by atoms with Gasteiger partial charge >= 0.3 is 12.4 Å². The zero-order chi connectivity index (χ0) is 31.8. The smallest absolute Gasteiger partial charge is 0.361 e. The topological polar surface area (TPSA) is 80.0 Å². The maximum absolute atomic E-state index is 13.7. The van der Waals surface area contributed by atoms with Gasteiger partial charge in [-0.25, -0.2) is 0 Å². The molecular formula is C30H32ClF6N5O3. The number of nitrogens with one attached hydrogen (secondary N) is 1. The molecule has 3 amide bonds. The summed E-state index contributed by atoms with van der Waals surface area (Å²) in [5.74, 6) is -1.18. The Morgan fingerprint density at radius 3 is 2.04 bits per heavy atom. The lowest BCUT2D eigenvalue weighted by atomic mass is 9.98. The van der Waals surface area contributed by atoms with Gasteiger partial charge in [0.05, 0.1) is 17.7 Å². The lowest BCUT2D eigenvalue weighted by Crippen LogP contribution is -2.58. The number of carbonyl (C=O) groups is 3. The molecule has 1 aromatic heterocycles. The molecule has 15 heteroatoms. The molecular weight excluding hydrogens is 628 g/mol. The second-order valence-corrected chi connectivity index (χ2v) is 11.1. The van der Waals surface area contributed by atoms with E-state index < -0.39 is 41.0 Å². The van der Waals surface area contributed by atoms with Gasteiger partial charge in [0.1, 0.15) is 0 Å². The van der Waals surface area contributed by atoms with Crippen molar-refractivity contribution in [3.63, 3.8) is 0 Å². The highest BCUT2D eigenvalue weighted by atomic mass is 35.5. The van der Waals surface area contributed by atoms with E-state index in [0.717, 1.165) is 16.5 Å². The highest BCUT2D eigenvalue weighted by Gasteiger charge is 2.39. The summed E-state index contributed by atoms with van der Waals surface area (Å²) in [6, 6.07) is 7.67. The fraction of sp³-hybridized carbons (Fsp3) is 0.433. The van der Waals surface area contributed by atoms with E-state index in [2.05, 4.69) is 4.98 Å². The molecule has 8 nitrogen and oxygen atoms in total. The zero-order valence-electron chi connectivity index (χ0n) is 24.2. The number of fused-ring (bicyclic) bond motifs is 1. The molecule has 45 heavy (non-hydrogen) atoms. The van der Waals surface area contributed by atoms with Crippen LogP contribution in [0.4, 0.5) is 26.3 Å². The largest absolute Gasteiger partial charge is 0.416 e. The van der Waals surface area contributed by atoms with Gasteiger partial charge in [0.15, 0.2) is 0 Å². The summed E-state index contributed by atoms with van der Waals surface area (Å²) in [6.07, 6.45) is -8.16. The van der Waals surface area contributed by atoms with Crippen LogP contribution in [0.1, 0.15) is 34.0 Å². The summed E-state index contributed by atoms with van der Waals surface area (Å²) < 4.78 is 81.3. The molecule has 244 valence electrons. The van der Waals surface area contributed by atoms with E-state index in [9.17, 15) is 40.7 Å². The Morgan fingerprint density at radius 1 is 0.844 bits per heavy atom. The third kappa shape index (κ3) is 7.72. The highest BCUT2D eigenvalue weighted by Crippen LogP contribution is 2.37. The average Bonchev–Trinajstić information content (AvgIpc) is 3.38. The number of nitrogens with zero attached hydrogens (tertiary/aromatic N) is 4. The van der Waals surface area contributed by atoms with Gasteiger partial charge in [-0.3, -0.25) is 19.3 Å². The van der Waals surface area contributed by atoms with E-state index in [-0.39, 0.29) is 62.9 Å². The van der Waals surface area contributed by atoms with Crippen molar-refractivity contribution in [1.82, 2.24) is 24.6 Å². The SMILES string of the molecule is CC(=O)N1CCN(C(=O)CN2CCN(C(=O)c3cc(C(F)(F)F)cc(C(F)(F)F)c3)[C@H](Cc3c[nH]c4ccccc34)C2)CC1.Cl. The first-order chi connectivity index (χ1) is 20.7. The molecule has 0 spiro atoms. The van der Waals surface area contributed by atoms with Crippen molar-refractivity contribution in [3.8, 4) is 0 Å². The van der Waals surface area contributed by atoms with Crippen LogP contribution in [-0.4, -0.2) is 101 Å². The number of aromatic nitrogens is 1. The number of para-hydroxylation sites is 1. The number of H-pyrrole nitrogens is 1. The molecule has 3 heterocycles. The predicted octanol–water partition coefficient (Wildman–Crippen LogP) is 4.69.